The van der Waals surface area contributed by atoms with Crippen LogP contribution in [0.4, 0.5) is 0 Å². The van der Waals surface area contributed by atoms with Crippen LogP contribution in [-0.2, 0) is 9.59 Å². The molecule has 1 atom stereocenters. The van der Waals surface area contributed by atoms with Crippen molar-refractivity contribution in [1.82, 2.24) is 4.90 Å². The number of Topliss-reactive ketones (excluding diaryl/α,β-unsaturated/α-hetero) is 1. The fourth-order valence-corrected chi connectivity index (χ4v) is 3.88. The number of hydrogen-bond donors (Lipinski definition) is 1. The number of rotatable bonds is 6. The number of ketones is 1. The summed E-state index contributed by atoms with van der Waals surface area (Å²) >= 11 is 0. The van der Waals surface area contributed by atoms with Crippen LogP contribution in [0.5, 0.6) is 0 Å². The Morgan fingerprint density at radius 2 is 1.83 bits per heavy atom. The van der Waals surface area contributed by atoms with Crippen molar-refractivity contribution in [2.24, 2.45) is 0 Å². The number of nitrogens with zero attached hydrogens (tertiary/aromatic N) is 1. The molecule has 1 unspecified atom stereocenters. The van der Waals surface area contributed by atoms with Crippen molar-refractivity contribution in [3.63, 3.8) is 0 Å². The van der Waals surface area contributed by atoms with E-state index in [1.165, 1.54) is 11.2 Å². The molecule has 1 amide bonds. The normalized spacial score (nSPS) is 18.7. The van der Waals surface area contributed by atoms with Crippen LogP contribution in [0.2, 0.25) is 0 Å². The third-order valence-corrected chi connectivity index (χ3v) is 5.38. The van der Waals surface area contributed by atoms with Crippen molar-refractivity contribution in [3.8, 4) is 0 Å². The van der Waals surface area contributed by atoms with Gasteiger partial charge in [-0.1, -0.05) is 56.2 Å². The van der Waals surface area contributed by atoms with Crippen LogP contribution >= 0.6 is 0 Å². The Labute approximate surface area is 169 Å². The average Bonchev–Trinajstić information content (AvgIpc) is 3.35. The Hall–Kier alpha value is -3.34. The zero-order valence-electron chi connectivity index (χ0n) is 16.3. The molecule has 1 aliphatic heterocycles. The van der Waals surface area contributed by atoms with E-state index in [1.807, 2.05) is 36.4 Å². The van der Waals surface area contributed by atoms with Gasteiger partial charge in [0.1, 0.15) is 17.6 Å². The van der Waals surface area contributed by atoms with E-state index in [2.05, 4.69) is 6.92 Å². The van der Waals surface area contributed by atoms with E-state index in [0.717, 1.165) is 30.0 Å². The molecule has 0 radical (unpaired) electrons. The van der Waals surface area contributed by atoms with Crippen LogP contribution in [0, 0.1) is 0 Å². The first kappa shape index (κ1) is 19.0. The third-order valence-electron chi connectivity index (χ3n) is 5.38. The summed E-state index contributed by atoms with van der Waals surface area (Å²) in [5.41, 5.74) is 0.587. The number of aliphatic hydroxyl groups is 1. The molecule has 1 N–H and O–H groups in total. The molecule has 1 aromatic heterocycles. The smallest absolute Gasteiger partial charge is 0.295 e. The van der Waals surface area contributed by atoms with E-state index in [4.69, 9.17) is 4.42 Å². The first-order chi connectivity index (χ1) is 14.1. The van der Waals surface area contributed by atoms with Crippen molar-refractivity contribution in [1.29, 1.82) is 0 Å². The van der Waals surface area contributed by atoms with Gasteiger partial charge in [-0.3, -0.25) is 9.59 Å². The predicted molar refractivity (Wildman–Crippen MR) is 111 cm³/mol. The molecule has 0 saturated carbocycles. The lowest BCUT2D eigenvalue weighted by Gasteiger charge is -2.23. The molecule has 1 saturated heterocycles. The first-order valence-corrected chi connectivity index (χ1v) is 9.92. The summed E-state index contributed by atoms with van der Waals surface area (Å²) in [5.74, 6) is -0.963. The Morgan fingerprint density at radius 1 is 1.03 bits per heavy atom. The molecule has 148 valence electrons. The summed E-state index contributed by atoms with van der Waals surface area (Å²) < 4.78 is 5.55. The van der Waals surface area contributed by atoms with Crippen molar-refractivity contribution in [3.05, 3.63) is 77.8 Å². The number of hydrogen-bond acceptors (Lipinski definition) is 4. The third kappa shape index (κ3) is 3.44. The molecule has 0 aliphatic carbocycles. The highest BCUT2D eigenvalue weighted by Crippen LogP contribution is 2.40. The zero-order chi connectivity index (χ0) is 20.4. The molecule has 4 rings (SSSR count). The number of unbranched alkanes of at least 4 members (excludes halogenated alkanes) is 2. The van der Waals surface area contributed by atoms with Gasteiger partial charge in [0, 0.05) is 12.1 Å². The second kappa shape index (κ2) is 7.95. The summed E-state index contributed by atoms with van der Waals surface area (Å²) in [6.07, 6.45) is 4.26. The number of benzene rings is 2. The number of amides is 1. The topological polar surface area (TPSA) is 70.8 Å². The van der Waals surface area contributed by atoms with Crippen molar-refractivity contribution in [2.75, 3.05) is 6.54 Å². The SMILES string of the molecule is CCCCCN1C(=O)C(=O)/C(=C(\O)c2ccc3ccccc3c2)C1c1ccco1. The molecular weight excluding hydrogens is 366 g/mol. The second-order valence-corrected chi connectivity index (χ2v) is 7.28. The summed E-state index contributed by atoms with van der Waals surface area (Å²) in [5, 5.41) is 13.0. The number of furan rings is 1. The number of likely N-dealkylation sites (tertiary alicyclic amines) is 1. The lowest BCUT2D eigenvalue weighted by atomic mass is 9.97. The molecule has 2 aromatic carbocycles. The fourth-order valence-electron chi connectivity index (χ4n) is 3.88. The van der Waals surface area contributed by atoms with Gasteiger partial charge in [-0.25, -0.2) is 0 Å². The number of fused-ring (bicyclic) bond motifs is 1. The lowest BCUT2D eigenvalue weighted by molar-refractivity contribution is -0.140. The van der Waals surface area contributed by atoms with Crippen LogP contribution < -0.4 is 0 Å². The maximum Gasteiger partial charge on any atom is 0.295 e. The van der Waals surface area contributed by atoms with E-state index < -0.39 is 17.7 Å². The summed E-state index contributed by atoms with van der Waals surface area (Å²) in [6, 6.07) is 16.0. The minimum Gasteiger partial charge on any atom is -0.507 e. The highest BCUT2D eigenvalue weighted by Gasteiger charge is 2.47. The largest absolute Gasteiger partial charge is 0.507 e. The van der Waals surface area contributed by atoms with E-state index in [-0.39, 0.29) is 11.3 Å². The van der Waals surface area contributed by atoms with Crippen molar-refractivity contribution in [2.45, 2.75) is 32.2 Å². The first-order valence-electron chi connectivity index (χ1n) is 9.92. The molecule has 1 aliphatic rings. The quantitative estimate of drug-likeness (QED) is 0.277. The van der Waals surface area contributed by atoms with E-state index in [9.17, 15) is 14.7 Å². The molecule has 3 aromatic rings. The highest BCUT2D eigenvalue weighted by molar-refractivity contribution is 6.46. The Balaban J connectivity index is 1.81. The monoisotopic (exact) mass is 389 g/mol. The van der Waals surface area contributed by atoms with Gasteiger partial charge in [0.2, 0.25) is 0 Å². The minimum atomic E-state index is -0.715. The second-order valence-electron chi connectivity index (χ2n) is 7.28. The van der Waals surface area contributed by atoms with Gasteiger partial charge in [0.25, 0.3) is 11.7 Å². The van der Waals surface area contributed by atoms with Gasteiger partial charge in [-0.2, -0.15) is 0 Å². The van der Waals surface area contributed by atoms with Gasteiger partial charge in [0.15, 0.2) is 0 Å². The van der Waals surface area contributed by atoms with Crippen LogP contribution in [0.25, 0.3) is 16.5 Å². The average molecular weight is 389 g/mol. The summed E-state index contributed by atoms with van der Waals surface area (Å²) in [7, 11) is 0. The van der Waals surface area contributed by atoms with Crippen molar-refractivity contribution < 1.29 is 19.1 Å². The maximum atomic E-state index is 12.9. The van der Waals surface area contributed by atoms with Gasteiger partial charge in [-0.05, 0) is 35.4 Å². The van der Waals surface area contributed by atoms with Crippen LogP contribution in [0.15, 0.2) is 70.9 Å². The van der Waals surface area contributed by atoms with E-state index in [1.54, 1.807) is 18.2 Å². The van der Waals surface area contributed by atoms with E-state index >= 15 is 0 Å². The standard InChI is InChI=1S/C24H23NO4/c1-2-3-6-13-25-21(19-10-7-14-29-19)20(23(27)24(25)28)22(26)18-12-11-16-8-4-5-9-17(16)15-18/h4-5,7-12,14-15,21,26H,2-3,6,13H2,1H3/b22-20-. The molecule has 0 bridgehead atoms. The van der Waals surface area contributed by atoms with E-state index in [0.29, 0.717) is 17.9 Å². The number of carbonyl (C=O) groups excluding carboxylic acids is 2. The lowest BCUT2D eigenvalue weighted by Crippen LogP contribution is -2.30. The number of carbonyl (C=O) groups is 2. The fraction of sp³-hybridized carbons (Fsp3) is 0.250. The van der Waals surface area contributed by atoms with Gasteiger partial charge in [-0.15, -0.1) is 0 Å². The Bertz CT molecular complexity index is 1080. The number of aliphatic hydroxyl groups excluding tert-OH is 1. The molecule has 0 spiro atoms. The summed E-state index contributed by atoms with van der Waals surface area (Å²) in [4.78, 5) is 27.2. The van der Waals surface area contributed by atoms with Gasteiger partial charge < -0.3 is 14.4 Å². The molecule has 5 heteroatoms. The van der Waals surface area contributed by atoms with Crippen molar-refractivity contribution >= 4 is 28.2 Å². The molecule has 2 heterocycles. The molecule has 1 fully saturated rings. The molecule has 5 nitrogen and oxygen atoms in total. The highest BCUT2D eigenvalue weighted by atomic mass is 16.3. The maximum absolute atomic E-state index is 12.9. The van der Waals surface area contributed by atoms with Crippen LogP contribution in [-0.4, -0.2) is 28.2 Å². The summed E-state index contributed by atoms with van der Waals surface area (Å²) in [6.45, 7) is 2.52. The Morgan fingerprint density at radius 3 is 2.55 bits per heavy atom. The van der Waals surface area contributed by atoms with Gasteiger partial charge >= 0.3 is 0 Å². The zero-order valence-corrected chi connectivity index (χ0v) is 16.3. The van der Waals surface area contributed by atoms with Crippen LogP contribution in [0.1, 0.15) is 43.6 Å². The predicted octanol–water partition coefficient (Wildman–Crippen LogP) is 5.04. The molecular formula is C24H23NO4. The molecule has 29 heavy (non-hydrogen) atoms. The minimum absolute atomic E-state index is 0.0803. The van der Waals surface area contributed by atoms with Crippen LogP contribution in [0.3, 0.4) is 0 Å². The Kier molecular flexibility index (Phi) is 5.21. The van der Waals surface area contributed by atoms with Gasteiger partial charge in [0.05, 0.1) is 11.8 Å².